The van der Waals surface area contributed by atoms with Crippen molar-refractivity contribution in [1.82, 2.24) is 0 Å². The lowest BCUT2D eigenvalue weighted by atomic mass is 10.0. The Bertz CT molecular complexity index is 549. The van der Waals surface area contributed by atoms with Gasteiger partial charge in [0.2, 0.25) is 0 Å². The van der Waals surface area contributed by atoms with Crippen LogP contribution >= 0.6 is 0 Å². The molecule has 0 saturated carbocycles. The van der Waals surface area contributed by atoms with Crippen molar-refractivity contribution in [2.45, 2.75) is 6.04 Å². The first-order chi connectivity index (χ1) is 7.65. The molecule has 3 nitrogen and oxygen atoms in total. The highest BCUT2D eigenvalue weighted by Gasteiger charge is 2.11. The molecule has 0 heterocycles. The van der Waals surface area contributed by atoms with Crippen molar-refractivity contribution in [3.63, 3.8) is 0 Å². The maximum atomic E-state index is 10.0. The van der Waals surface area contributed by atoms with Crippen LogP contribution in [-0.2, 0) is 0 Å². The van der Waals surface area contributed by atoms with Crippen molar-refractivity contribution >= 4 is 10.8 Å². The van der Waals surface area contributed by atoms with Crippen LogP contribution in [-0.4, -0.2) is 10.2 Å². The quantitative estimate of drug-likeness (QED) is 0.674. The molecule has 0 aliphatic carbocycles. The highest BCUT2D eigenvalue weighted by molar-refractivity contribution is 5.93. The summed E-state index contributed by atoms with van der Waals surface area (Å²) in [6.07, 6.45) is 1.56. The fourth-order valence-corrected chi connectivity index (χ4v) is 1.74. The summed E-state index contributed by atoms with van der Waals surface area (Å²) in [7, 11) is 0. The largest absolute Gasteiger partial charge is 0.507 e. The van der Waals surface area contributed by atoms with Crippen molar-refractivity contribution in [2.75, 3.05) is 0 Å². The smallest absolute Gasteiger partial charge is 0.128 e. The highest BCUT2D eigenvalue weighted by Crippen LogP contribution is 2.35. The third kappa shape index (κ3) is 1.51. The van der Waals surface area contributed by atoms with E-state index in [-0.39, 0.29) is 11.5 Å². The van der Waals surface area contributed by atoms with Crippen LogP contribution in [0.25, 0.3) is 10.8 Å². The zero-order valence-corrected chi connectivity index (χ0v) is 8.72. The predicted octanol–water partition coefficient (Wildman–Crippen LogP) is 2.44. The third-order valence-electron chi connectivity index (χ3n) is 2.65. The molecule has 1 unspecified atom stereocenters. The molecule has 0 bridgehead atoms. The molecule has 3 heteroatoms. The van der Waals surface area contributed by atoms with Gasteiger partial charge in [0.1, 0.15) is 11.5 Å². The van der Waals surface area contributed by atoms with Crippen molar-refractivity contribution in [3.05, 3.63) is 48.6 Å². The van der Waals surface area contributed by atoms with Crippen molar-refractivity contribution < 1.29 is 10.2 Å². The molecule has 0 saturated heterocycles. The molecule has 0 spiro atoms. The molecular weight excluding hydrogens is 202 g/mol. The van der Waals surface area contributed by atoms with Crippen LogP contribution in [0.5, 0.6) is 11.5 Å². The molecule has 1 atom stereocenters. The summed E-state index contributed by atoms with van der Waals surface area (Å²) in [4.78, 5) is 0. The second kappa shape index (κ2) is 3.87. The second-order valence-corrected chi connectivity index (χ2v) is 3.64. The Hall–Kier alpha value is -2.00. The third-order valence-corrected chi connectivity index (χ3v) is 2.65. The second-order valence-electron chi connectivity index (χ2n) is 3.64. The lowest BCUT2D eigenvalue weighted by Crippen LogP contribution is -2.06. The van der Waals surface area contributed by atoms with E-state index < -0.39 is 6.04 Å². The molecule has 0 aliphatic heterocycles. The maximum Gasteiger partial charge on any atom is 0.128 e. The van der Waals surface area contributed by atoms with Gasteiger partial charge in [0.15, 0.2) is 0 Å². The number of phenolic OH excluding ortho intramolecular Hbond substituents is 2. The van der Waals surface area contributed by atoms with E-state index in [4.69, 9.17) is 5.73 Å². The van der Waals surface area contributed by atoms with Gasteiger partial charge in [0, 0.05) is 16.3 Å². The molecule has 0 aliphatic rings. The minimum absolute atomic E-state index is 0.0980. The van der Waals surface area contributed by atoms with Gasteiger partial charge in [-0.15, -0.1) is 6.58 Å². The van der Waals surface area contributed by atoms with Crippen molar-refractivity contribution in [2.24, 2.45) is 5.73 Å². The highest BCUT2D eigenvalue weighted by atomic mass is 16.3. The van der Waals surface area contributed by atoms with Gasteiger partial charge >= 0.3 is 0 Å². The molecule has 2 aromatic rings. The Morgan fingerprint density at radius 3 is 2.56 bits per heavy atom. The molecule has 0 amide bonds. The molecule has 2 rings (SSSR count). The minimum atomic E-state index is -0.410. The van der Waals surface area contributed by atoms with Crippen LogP contribution in [0.1, 0.15) is 11.6 Å². The molecule has 4 N–H and O–H groups in total. The van der Waals surface area contributed by atoms with Gasteiger partial charge in [-0.3, -0.25) is 0 Å². The van der Waals surface area contributed by atoms with Gasteiger partial charge in [-0.05, 0) is 6.07 Å². The first-order valence-corrected chi connectivity index (χ1v) is 4.97. The van der Waals surface area contributed by atoms with Crippen LogP contribution in [0.15, 0.2) is 43.0 Å². The maximum absolute atomic E-state index is 10.0. The number of nitrogens with two attached hydrogens (primary N) is 1. The summed E-state index contributed by atoms with van der Waals surface area (Å²) in [5.74, 6) is 0.243. The Morgan fingerprint density at radius 1 is 1.12 bits per heavy atom. The lowest BCUT2D eigenvalue weighted by molar-refractivity contribution is 0.469. The normalized spacial score (nSPS) is 12.6. The summed E-state index contributed by atoms with van der Waals surface area (Å²) >= 11 is 0. The molecule has 0 aromatic heterocycles. The number of hydrogen-bond donors (Lipinski definition) is 3. The Morgan fingerprint density at radius 2 is 1.88 bits per heavy atom. The van der Waals surface area contributed by atoms with E-state index in [0.29, 0.717) is 16.3 Å². The average molecular weight is 215 g/mol. The van der Waals surface area contributed by atoms with E-state index in [2.05, 4.69) is 6.58 Å². The molecule has 16 heavy (non-hydrogen) atoms. The summed E-state index contributed by atoms with van der Waals surface area (Å²) in [6.45, 7) is 3.59. The van der Waals surface area contributed by atoms with Crippen LogP contribution in [0.2, 0.25) is 0 Å². The van der Waals surface area contributed by atoms with E-state index in [1.54, 1.807) is 36.4 Å². The summed E-state index contributed by atoms with van der Waals surface area (Å²) in [5, 5.41) is 20.9. The van der Waals surface area contributed by atoms with Gasteiger partial charge in [0.25, 0.3) is 0 Å². The number of aromatic hydroxyl groups is 2. The average Bonchev–Trinajstić information content (AvgIpc) is 2.30. The van der Waals surface area contributed by atoms with E-state index >= 15 is 0 Å². The van der Waals surface area contributed by atoms with E-state index in [0.717, 1.165) is 0 Å². The SMILES string of the molecule is C=CC(N)c1ccc2c(O)cccc2c1O. The van der Waals surface area contributed by atoms with E-state index in [1.165, 1.54) is 0 Å². The number of fused-ring (bicyclic) bond motifs is 1. The Kier molecular flexibility index (Phi) is 2.54. The Balaban J connectivity index is 2.75. The monoisotopic (exact) mass is 215 g/mol. The zero-order chi connectivity index (χ0) is 11.7. The number of hydrogen-bond acceptors (Lipinski definition) is 3. The molecule has 2 aromatic carbocycles. The van der Waals surface area contributed by atoms with Gasteiger partial charge in [-0.2, -0.15) is 0 Å². The molecule has 82 valence electrons. The predicted molar refractivity (Wildman–Crippen MR) is 64.4 cm³/mol. The minimum Gasteiger partial charge on any atom is -0.507 e. The van der Waals surface area contributed by atoms with Gasteiger partial charge in [-0.25, -0.2) is 0 Å². The van der Waals surface area contributed by atoms with Crippen LogP contribution in [0, 0.1) is 0 Å². The number of phenols is 2. The van der Waals surface area contributed by atoms with Crippen LogP contribution in [0.3, 0.4) is 0 Å². The molecule has 0 fully saturated rings. The van der Waals surface area contributed by atoms with Gasteiger partial charge in [-0.1, -0.05) is 30.3 Å². The number of benzene rings is 2. The fraction of sp³-hybridized carbons (Fsp3) is 0.0769. The van der Waals surface area contributed by atoms with Crippen LogP contribution < -0.4 is 5.73 Å². The molecular formula is C13H13NO2. The number of rotatable bonds is 2. The zero-order valence-electron chi connectivity index (χ0n) is 8.72. The first-order valence-electron chi connectivity index (χ1n) is 4.97. The van der Waals surface area contributed by atoms with Gasteiger partial charge in [0.05, 0.1) is 6.04 Å². The summed E-state index contributed by atoms with van der Waals surface area (Å²) in [6, 6.07) is 8.03. The topological polar surface area (TPSA) is 66.5 Å². The lowest BCUT2D eigenvalue weighted by Gasteiger charge is -2.12. The van der Waals surface area contributed by atoms with Crippen LogP contribution in [0.4, 0.5) is 0 Å². The van der Waals surface area contributed by atoms with Gasteiger partial charge < -0.3 is 15.9 Å². The van der Waals surface area contributed by atoms with Crippen molar-refractivity contribution in [1.29, 1.82) is 0 Å². The molecule has 0 radical (unpaired) electrons. The summed E-state index contributed by atoms with van der Waals surface area (Å²) < 4.78 is 0. The standard InChI is InChI=1S/C13H13NO2/c1-2-11(14)10-7-6-8-9(13(10)16)4-3-5-12(8)15/h2-7,11,15-16H,1,14H2. The van der Waals surface area contributed by atoms with E-state index in [9.17, 15) is 10.2 Å². The fourth-order valence-electron chi connectivity index (χ4n) is 1.74. The first kappa shape index (κ1) is 10.5. The Labute approximate surface area is 93.4 Å². The summed E-state index contributed by atoms with van der Waals surface area (Å²) in [5.41, 5.74) is 6.39. The van der Waals surface area contributed by atoms with E-state index in [1.807, 2.05) is 0 Å². The van der Waals surface area contributed by atoms with Crippen molar-refractivity contribution in [3.8, 4) is 11.5 Å².